The molecule has 2 heterocycles. The van der Waals surface area contributed by atoms with Gasteiger partial charge in [-0.1, -0.05) is 18.2 Å². The molecule has 1 saturated heterocycles. The minimum absolute atomic E-state index is 0.0673. The highest BCUT2D eigenvalue weighted by Gasteiger charge is 2.28. The molecule has 2 atom stereocenters. The van der Waals surface area contributed by atoms with Gasteiger partial charge >= 0.3 is 0 Å². The van der Waals surface area contributed by atoms with Crippen molar-refractivity contribution in [3.63, 3.8) is 0 Å². The Morgan fingerprint density at radius 2 is 2.08 bits per heavy atom. The Balaban J connectivity index is 1.86. The molecule has 24 heavy (non-hydrogen) atoms. The van der Waals surface area contributed by atoms with Gasteiger partial charge in [0, 0.05) is 19.1 Å². The molecule has 5 heteroatoms. The number of nitrogens with two attached hydrogens (primary N) is 1. The minimum Gasteiger partial charge on any atom is -0.338 e. The smallest absolute Gasteiger partial charge is 0.257 e. The molecule has 1 aliphatic heterocycles. The van der Waals surface area contributed by atoms with Crippen LogP contribution in [-0.4, -0.2) is 39.7 Å². The maximum atomic E-state index is 13.0. The van der Waals surface area contributed by atoms with Gasteiger partial charge in [-0.25, -0.2) is 4.68 Å². The summed E-state index contributed by atoms with van der Waals surface area (Å²) in [6.45, 7) is 7.58. The number of rotatable bonds is 3. The number of benzene rings is 1. The molecule has 1 aromatic carbocycles. The lowest BCUT2D eigenvalue weighted by Crippen LogP contribution is -2.45. The Kier molecular flexibility index (Phi) is 4.71. The number of likely N-dealkylation sites (tertiary alicyclic amines) is 1. The first-order valence-electron chi connectivity index (χ1n) is 8.64. The van der Waals surface area contributed by atoms with Crippen LogP contribution in [0.15, 0.2) is 30.5 Å². The summed E-state index contributed by atoms with van der Waals surface area (Å²) in [5.41, 5.74) is 9.76. The first kappa shape index (κ1) is 16.7. The van der Waals surface area contributed by atoms with E-state index in [2.05, 4.69) is 18.1 Å². The van der Waals surface area contributed by atoms with Gasteiger partial charge in [0.05, 0.1) is 23.1 Å². The highest BCUT2D eigenvalue weighted by molar-refractivity contribution is 5.95. The van der Waals surface area contributed by atoms with Gasteiger partial charge in [0.1, 0.15) is 0 Å². The van der Waals surface area contributed by atoms with Crippen LogP contribution in [0.25, 0.3) is 5.69 Å². The number of carbonyl (C=O) groups is 1. The Morgan fingerprint density at radius 1 is 1.33 bits per heavy atom. The van der Waals surface area contributed by atoms with Crippen molar-refractivity contribution in [2.24, 2.45) is 11.7 Å². The van der Waals surface area contributed by atoms with Gasteiger partial charge in [-0.2, -0.15) is 5.10 Å². The number of piperidine rings is 1. The van der Waals surface area contributed by atoms with E-state index < -0.39 is 0 Å². The van der Waals surface area contributed by atoms with Crippen LogP contribution in [0.1, 0.15) is 41.4 Å². The first-order valence-corrected chi connectivity index (χ1v) is 8.64. The number of hydrogen-bond acceptors (Lipinski definition) is 3. The normalized spacial score (nSPS) is 19.3. The van der Waals surface area contributed by atoms with Crippen LogP contribution < -0.4 is 5.73 Å². The van der Waals surface area contributed by atoms with Gasteiger partial charge in [0.2, 0.25) is 0 Å². The second kappa shape index (κ2) is 6.77. The number of aryl methyl sites for hydroxylation is 1. The zero-order valence-electron chi connectivity index (χ0n) is 14.7. The van der Waals surface area contributed by atoms with Gasteiger partial charge < -0.3 is 10.6 Å². The van der Waals surface area contributed by atoms with Crippen molar-refractivity contribution >= 4 is 5.91 Å². The predicted molar refractivity (Wildman–Crippen MR) is 95.3 cm³/mol. The second-order valence-corrected chi connectivity index (χ2v) is 6.85. The van der Waals surface area contributed by atoms with Crippen molar-refractivity contribution < 1.29 is 4.79 Å². The molecule has 0 saturated carbocycles. The quantitative estimate of drug-likeness (QED) is 0.943. The third-order valence-electron chi connectivity index (χ3n) is 5.07. The van der Waals surface area contributed by atoms with E-state index in [1.807, 2.05) is 41.6 Å². The number of amides is 1. The summed E-state index contributed by atoms with van der Waals surface area (Å²) in [6, 6.07) is 8.19. The van der Waals surface area contributed by atoms with E-state index in [-0.39, 0.29) is 11.9 Å². The Hall–Kier alpha value is -2.14. The molecule has 5 nitrogen and oxygen atoms in total. The molecule has 128 valence electrons. The summed E-state index contributed by atoms with van der Waals surface area (Å²) in [5, 5.41) is 4.46. The number of carbonyl (C=O) groups excluding carboxylic acids is 1. The van der Waals surface area contributed by atoms with E-state index in [1.54, 1.807) is 6.20 Å². The number of hydrogen-bond donors (Lipinski definition) is 1. The number of aromatic nitrogens is 2. The molecule has 0 aliphatic carbocycles. The topological polar surface area (TPSA) is 64.2 Å². The Bertz CT molecular complexity index is 735. The molecule has 0 unspecified atom stereocenters. The van der Waals surface area contributed by atoms with Crippen LogP contribution in [0, 0.1) is 19.8 Å². The van der Waals surface area contributed by atoms with Crippen molar-refractivity contribution in [1.82, 2.24) is 14.7 Å². The molecule has 1 aromatic heterocycles. The monoisotopic (exact) mass is 326 g/mol. The van der Waals surface area contributed by atoms with E-state index in [4.69, 9.17) is 5.73 Å². The highest BCUT2D eigenvalue weighted by Crippen LogP contribution is 2.23. The standard InChI is InChI=1S/C19H26N4O/c1-13-7-4-5-9-18(13)23-15(3)17(11-21-23)19(24)22-10-6-8-16(12-22)14(2)20/h4-5,7,9,11,14,16H,6,8,10,12,20H2,1-3H3/t14-,16+/m0/s1. The van der Waals surface area contributed by atoms with Crippen LogP contribution in [0.4, 0.5) is 0 Å². The molecule has 0 bridgehead atoms. The number of nitrogens with zero attached hydrogens (tertiary/aromatic N) is 3. The summed E-state index contributed by atoms with van der Waals surface area (Å²) in [5.74, 6) is 0.451. The fourth-order valence-electron chi connectivity index (χ4n) is 3.46. The van der Waals surface area contributed by atoms with Crippen molar-refractivity contribution in [2.75, 3.05) is 13.1 Å². The van der Waals surface area contributed by atoms with Crippen LogP contribution in [-0.2, 0) is 0 Å². The molecular weight excluding hydrogens is 300 g/mol. The maximum absolute atomic E-state index is 13.0. The lowest BCUT2D eigenvalue weighted by Gasteiger charge is -2.34. The molecule has 1 fully saturated rings. The average molecular weight is 326 g/mol. The highest BCUT2D eigenvalue weighted by atomic mass is 16.2. The summed E-state index contributed by atoms with van der Waals surface area (Å²) in [4.78, 5) is 14.9. The van der Waals surface area contributed by atoms with E-state index in [9.17, 15) is 4.79 Å². The van der Waals surface area contributed by atoms with Crippen LogP contribution in [0.5, 0.6) is 0 Å². The van der Waals surface area contributed by atoms with Crippen molar-refractivity contribution in [3.05, 3.63) is 47.3 Å². The van der Waals surface area contributed by atoms with E-state index >= 15 is 0 Å². The maximum Gasteiger partial charge on any atom is 0.257 e. The predicted octanol–water partition coefficient (Wildman–Crippen LogP) is 2.69. The first-order chi connectivity index (χ1) is 11.5. The largest absolute Gasteiger partial charge is 0.338 e. The molecule has 1 amide bonds. The average Bonchev–Trinajstić information content (AvgIpc) is 2.96. The van der Waals surface area contributed by atoms with Crippen LogP contribution in [0.3, 0.4) is 0 Å². The van der Waals surface area contributed by atoms with Gasteiger partial charge in [0.25, 0.3) is 5.91 Å². The molecule has 1 aliphatic rings. The van der Waals surface area contributed by atoms with E-state index in [0.717, 1.165) is 42.9 Å². The molecule has 2 N–H and O–H groups in total. The summed E-state index contributed by atoms with van der Waals surface area (Å²) < 4.78 is 1.86. The molecule has 0 spiro atoms. The molecular formula is C19H26N4O. The minimum atomic E-state index is 0.0673. The van der Waals surface area contributed by atoms with Gasteiger partial charge in [-0.05, 0) is 51.2 Å². The van der Waals surface area contributed by atoms with Gasteiger partial charge in [-0.15, -0.1) is 0 Å². The molecule has 3 rings (SSSR count). The second-order valence-electron chi connectivity index (χ2n) is 6.85. The zero-order valence-corrected chi connectivity index (χ0v) is 14.7. The summed E-state index contributed by atoms with van der Waals surface area (Å²) in [6.07, 6.45) is 3.81. The lowest BCUT2D eigenvalue weighted by atomic mass is 9.92. The van der Waals surface area contributed by atoms with Crippen LogP contribution >= 0.6 is 0 Å². The van der Waals surface area contributed by atoms with Gasteiger partial charge in [-0.3, -0.25) is 4.79 Å². The van der Waals surface area contributed by atoms with Crippen LogP contribution in [0.2, 0.25) is 0 Å². The van der Waals surface area contributed by atoms with Crippen molar-refractivity contribution in [3.8, 4) is 5.69 Å². The SMILES string of the molecule is Cc1ccccc1-n1ncc(C(=O)N2CCC[C@@H]([C@H](C)N)C2)c1C. The van der Waals surface area contributed by atoms with E-state index in [1.165, 1.54) is 0 Å². The lowest BCUT2D eigenvalue weighted by molar-refractivity contribution is 0.0660. The molecule has 0 radical (unpaired) electrons. The Labute approximate surface area is 143 Å². The fraction of sp³-hybridized carbons (Fsp3) is 0.474. The third kappa shape index (κ3) is 3.08. The van der Waals surface area contributed by atoms with E-state index in [0.29, 0.717) is 11.5 Å². The summed E-state index contributed by atoms with van der Waals surface area (Å²) >= 11 is 0. The Morgan fingerprint density at radius 3 is 2.79 bits per heavy atom. The van der Waals surface area contributed by atoms with Crippen molar-refractivity contribution in [2.45, 2.75) is 39.7 Å². The summed E-state index contributed by atoms with van der Waals surface area (Å²) in [7, 11) is 0. The third-order valence-corrected chi connectivity index (χ3v) is 5.07. The number of para-hydroxylation sites is 1. The zero-order chi connectivity index (χ0) is 17.3. The van der Waals surface area contributed by atoms with Gasteiger partial charge in [0.15, 0.2) is 0 Å². The van der Waals surface area contributed by atoms with Crippen molar-refractivity contribution in [1.29, 1.82) is 0 Å². The fourth-order valence-corrected chi connectivity index (χ4v) is 3.46. The molecule has 2 aromatic rings.